The number of anilines is 1. The molecule has 0 saturated carbocycles. The van der Waals surface area contributed by atoms with Crippen LogP contribution in [0.15, 0.2) is 42.6 Å². The lowest BCUT2D eigenvalue weighted by Gasteiger charge is -2.05. The second-order valence-corrected chi connectivity index (χ2v) is 4.08. The largest absolute Gasteiger partial charge is 0.397 e. The average Bonchev–Trinajstić information content (AvgIpc) is 2.46. The number of amides is 1. The Balaban J connectivity index is 1.96. The number of benzene rings is 1. The van der Waals surface area contributed by atoms with Gasteiger partial charge in [-0.1, -0.05) is 12.1 Å². The number of nitrogen functional groups attached to an aromatic ring is 1. The van der Waals surface area contributed by atoms with Crippen molar-refractivity contribution in [2.45, 2.75) is 6.54 Å². The summed E-state index contributed by atoms with van der Waals surface area (Å²) in [5, 5.41) is 13.2. The van der Waals surface area contributed by atoms with Crippen molar-refractivity contribution in [1.82, 2.24) is 10.3 Å². The molecule has 2 aromatic rings. The summed E-state index contributed by atoms with van der Waals surface area (Å²) < 4.78 is 0. The molecule has 0 aliphatic carbocycles. The van der Waals surface area contributed by atoms with Crippen LogP contribution in [-0.2, 0) is 6.54 Å². The van der Waals surface area contributed by atoms with Crippen LogP contribution in [0.1, 0.15) is 16.1 Å². The molecule has 7 nitrogen and oxygen atoms in total. The fourth-order valence-corrected chi connectivity index (χ4v) is 1.55. The molecule has 1 amide bonds. The molecule has 1 aromatic carbocycles. The molecule has 0 spiro atoms. The van der Waals surface area contributed by atoms with E-state index < -0.39 is 4.92 Å². The molecule has 0 bridgehead atoms. The van der Waals surface area contributed by atoms with Crippen molar-refractivity contribution >= 4 is 17.3 Å². The second-order valence-electron chi connectivity index (χ2n) is 4.08. The molecule has 20 heavy (non-hydrogen) atoms. The normalized spacial score (nSPS) is 10.0. The first-order valence-electron chi connectivity index (χ1n) is 5.79. The fourth-order valence-electron chi connectivity index (χ4n) is 1.55. The van der Waals surface area contributed by atoms with Crippen LogP contribution in [0.2, 0.25) is 0 Å². The van der Waals surface area contributed by atoms with Gasteiger partial charge in [0.2, 0.25) is 0 Å². The van der Waals surface area contributed by atoms with Crippen LogP contribution in [0.4, 0.5) is 11.4 Å². The zero-order valence-electron chi connectivity index (χ0n) is 10.4. The number of nitro benzene ring substituents is 1. The van der Waals surface area contributed by atoms with E-state index in [0.717, 1.165) is 5.56 Å². The van der Waals surface area contributed by atoms with Crippen molar-refractivity contribution in [3.8, 4) is 0 Å². The molecular formula is C13H12N4O3. The van der Waals surface area contributed by atoms with Crippen molar-refractivity contribution in [1.29, 1.82) is 0 Å². The number of rotatable bonds is 4. The third-order valence-electron chi connectivity index (χ3n) is 2.62. The number of nitrogens with two attached hydrogens (primary N) is 1. The smallest absolute Gasteiger partial charge is 0.270 e. The Morgan fingerprint density at radius 1 is 1.25 bits per heavy atom. The van der Waals surface area contributed by atoms with E-state index in [4.69, 9.17) is 5.73 Å². The summed E-state index contributed by atoms with van der Waals surface area (Å²) >= 11 is 0. The Labute approximate surface area is 114 Å². The first-order valence-corrected chi connectivity index (χ1v) is 5.79. The van der Waals surface area contributed by atoms with Gasteiger partial charge < -0.3 is 11.1 Å². The maximum absolute atomic E-state index is 11.8. The van der Waals surface area contributed by atoms with E-state index in [0.29, 0.717) is 5.69 Å². The Kier molecular flexibility index (Phi) is 3.90. The maximum Gasteiger partial charge on any atom is 0.270 e. The third-order valence-corrected chi connectivity index (χ3v) is 2.62. The molecule has 0 aliphatic rings. The van der Waals surface area contributed by atoms with E-state index in [1.165, 1.54) is 24.4 Å². The molecule has 102 valence electrons. The van der Waals surface area contributed by atoms with Crippen molar-refractivity contribution in [3.63, 3.8) is 0 Å². The lowest BCUT2D eigenvalue weighted by Crippen LogP contribution is -2.23. The lowest BCUT2D eigenvalue weighted by molar-refractivity contribution is -0.384. The van der Waals surface area contributed by atoms with Gasteiger partial charge in [0.25, 0.3) is 11.6 Å². The van der Waals surface area contributed by atoms with E-state index in [-0.39, 0.29) is 23.8 Å². The van der Waals surface area contributed by atoms with Gasteiger partial charge in [-0.05, 0) is 17.7 Å². The van der Waals surface area contributed by atoms with Crippen molar-refractivity contribution in [2.24, 2.45) is 0 Å². The third kappa shape index (κ3) is 3.29. The number of hydrogen-bond acceptors (Lipinski definition) is 5. The van der Waals surface area contributed by atoms with Gasteiger partial charge in [-0.3, -0.25) is 14.9 Å². The van der Waals surface area contributed by atoms with Gasteiger partial charge >= 0.3 is 0 Å². The molecule has 0 aliphatic heterocycles. The Morgan fingerprint density at radius 3 is 2.50 bits per heavy atom. The monoisotopic (exact) mass is 272 g/mol. The summed E-state index contributed by atoms with van der Waals surface area (Å²) in [6.07, 6.45) is 1.40. The molecule has 2 rings (SSSR count). The first-order chi connectivity index (χ1) is 9.56. The van der Waals surface area contributed by atoms with Crippen LogP contribution in [-0.4, -0.2) is 15.8 Å². The molecule has 0 radical (unpaired) electrons. The number of carbonyl (C=O) groups excluding carboxylic acids is 1. The number of nitrogens with one attached hydrogen (secondary N) is 1. The summed E-state index contributed by atoms with van der Waals surface area (Å²) in [6.45, 7) is 0.267. The van der Waals surface area contributed by atoms with Crippen LogP contribution in [0.3, 0.4) is 0 Å². The minimum atomic E-state index is -0.472. The van der Waals surface area contributed by atoms with Gasteiger partial charge in [0, 0.05) is 18.7 Å². The number of nitro groups is 1. The summed E-state index contributed by atoms with van der Waals surface area (Å²) in [6, 6.07) is 9.09. The van der Waals surface area contributed by atoms with E-state index in [1.807, 2.05) is 0 Å². The summed E-state index contributed by atoms with van der Waals surface area (Å²) in [7, 11) is 0. The zero-order chi connectivity index (χ0) is 14.5. The van der Waals surface area contributed by atoms with Gasteiger partial charge in [-0.15, -0.1) is 0 Å². The summed E-state index contributed by atoms with van der Waals surface area (Å²) in [4.78, 5) is 25.7. The predicted octanol–water partition coefficient (Wildman–Crippen LogP) is 1.50. The maximum atomic E-state index is 11.8. The van der Waals surface area contributed by atoms with E-state index in [2.05, 4.69) is 10.3 Å². The van der Waals surface area contributed by atoms with Crippen LogP contribution in [0.25, 0.3) is 0 Å². The topological polar surface area (TPSA) is 111 Å². The molecule has 0 unspecified atom stereocenters. The quantitative estimate of drug-likeness (QED) is 0.647. The highest BCUT2D eigenvalue weighted by atomic mass is 16.6. The van der Waals surface area contributed by atoms with Crippen molar-refractivity contribution in [3.05, 3.63) is 64.0 Å². The molecule has 3 N–H and O–H groups in total. The van der Waals surface area contributed by atoms with Gasteiger partial charge in [-0.25, -0.2) is 4.98 Å². The highest BCUT2D eigenvalue weighted by molar-refractivity contribution is 5.92. The Hall–Kier alpha value is -2.96. The molecule has 1 heterocycles. The van der Waals surface area contributed by atoms with Gasteiger partial charge in [0.1, 0.15) is 5.69 Å². The van der Waals surface area contributed by atoms with Crippen LogP contribution < -0.4 is 11.1 Å². The molecular weight excluding hydrogens is 260 g/mol. The highest BCUT2D eigenvalue weighted by Crippen LogP contribution is 2.11. The van der Waals surface area contributed by atoms with Crippen LogP contribution in [0.5, 0.6) is 0 Å². The molecule has 7 heteroatoms. The van der Waals surface area contributed by atoms with E-state index in [1.54, 1.807) is 18.2 Å². The molecule has 0 saturated heterocycles. The molecule has 1 aromatic heterocycles. The fraction of sp³-hybridized carbons (Fsp3) is 0.0769. The first kappa shape index (κ1) is 13.5. The van der Waals surface area contributed by atoms with E-state index >= 15 is 0 Å². The Morgan fingerprint density at radius 2 is 1.95 bits per heavy atom. The van der Waals surface area contributed by atoms with Crippen LogP contribution >= 0.6 is 0 Å². The molecule has 0 atom stereocenters. The van der Waals surface area contributed by atoms with E-state index in [9.17, 15) is 14.9 Å². The standard InChI is InChI=1S/C13H12N4O3/c14-10-3-6-12(15-8-10)13(18)16-7-9-1-4-11(5-2-9)17(19)20/h1-6,8H,7,14H2,(H,16,18). The zero-order valence-corrected chi connectivity index (χ0v) is 10.4. The summed E-state index contributed by atoms with van der Waals surface area (Å²) in [5.74, 6) is -0.330. The predicted molar refractivity (Wildman–Crippen MR) is 72.9 cm³/mol. The van der Waals surface area contributed by atoms with Gasteiger partial charge in [0.05, 0.1) is 16.8 Å². The number of carbonyl (C=O) groups is 1. The van der Waals surface area contributed by atoms with Crippen molar-refractivity contribution < 1.29 is 9.72 Å². The number of nitrogens with zero attached hydrogens (tertiary/aromatic N) is 2. The highest BCUT2D eigenvalue weighted by Gasteiger charge is 2.07. The lowest BCUT2D eigenvalue weighted by atomic mass is 10.2. The number of pyridine rings is 1. The minimum Gasteiger partial charge on any atom is -0.397 e. The summed E-state index contributed by atoms with van der Waals surface area (Å²) in [5.41, 5.74) is 7.01. The van der Waals surface area contributed by atoms with Gasteiger partial charge in [-0.2, -0.15) is 0 Å². The Bertz CT molecular complexity index is 623. The number of aromatic nitrogens is 1. The average molecular weight is 272 g/mol. The van der Waals surface area contributed by atoms with Crippen LogP contribution in [0, 0.1) is 10.1 Å². The van der Waals surface area contributed by atoms with Crippen molar-refractivity contribution in [2.75, 3.05) is 5.73 Å². The minimum absolute atomic E-state index is 0.0141. The molecule has 0 fully saturated rings. The number of non-ortho nitro benzene ring substituents is 1. The SMILES string of the molecule is Nc1ccc(C(=O)NCc2ccc([N+](=O)[O-])cc2)nc1. The second kappa shape index (κ2) is 5.79. The van der Waals surface area contributed by atoms with Gasteiger partial charge in [0.15, 0.2) is 0 Å². The number of hydrogen-bond donors (Lipinski definition) is 2.